The number of para-hydroxylation sites is 1. The third kappa shape index (κ3) is 2.84. The van der Waals surface area contributed by atoms with Gasteiger partial charge in [0.25, 0.3) is 10.0 Å². The molecule has 0 saturated heterocycles. The number of carbonyl (C=O) groups excluding carboxylic acids is 1. The van der Waals surface area contributed by atoms with Gasteiger partial charge in [-0.1, -0.05) is 67.1 Å². The van der Waals surface area contributed by atoms with Gasteiger partial charge in [-0.3, -0.25) is 4.79 Å². The minimum Gasteiger partial charge on any atom is -0.490 e. The van der Waals surface area contributed by atoms with E-state index in [0.717, 1.165) is 5.39 Å². The van der Waals surface area contributed by atoms with Crippen molar-refractivity contribution in [2.24, 2.45) is 0 Å². The molecule has 1 N–H and O–H groups in total. The van der Waals surface area contributed by atoms with E-state index in [1.165, 1.54) is 6.07 Å². The molecular weight excluding hydrogens is 398 g/mol. The molecule has 3 aromatic carbocycles. The zero-order valence-electron chi connectivity index (χ0n) is 15.1. The first-order valence-electron chi connectivity index (χ1n) is 8.86. The fourth-order valence-electron chi connectivity index (χ4n) is 3.65. The van der Waals surface area contributed by atoms with Crippen molar-refractivity contribution in [3.63, 3.8) is 0 Å². The minimum atomic E-state index is -4.07. The molecular formula is C21H18ClNO4S. The Kier molecular flexibility index (Phi) is 4.56. The predicted molar refractivity (Wildman–Crippen MR) is 108 cm³/mol. The summed E-state index contributed by atoms with van der Waals surface area (Å²) in [6.07, 6.45) is 0.372. The number of amides is 1. The van der Waals surface area contributed by atoms with Crippen LogP contribution in [0.1, 0.15) is 18.9 Å². The van der Waals surface area contributed by atoms with E-state index in [9.17, 15) is 13.2 Å². The summed E-state index contributed by atoms with van der Waals surface area (Å²) in [5.74, 6) is -0.187. The van der Waals surface area contributed by atoms with E-state index < -0.39 is 21.3 Å². The van der Waals surface area contributed by atoms with Crippen LogP contribution in [0.15, 0.2) is 65.6 Å². The van der Waals surface area contributed by atoms with Crippen molar-refractivity contribution >= 4 is 38.3 Å². The highest BCUT2D eigenvalue weighted by atomic mass is 35.5. The summed E-state index contributed by atoms with van der Waals surface area (Å²) in [5, 5.41) is 1.74. The average Bonchev–Trinajstić information content (AvgIpc) is 3.08. The number of halogens is 1. The number of ether oxygens (including phenoxy) is 1. The Morgan fingerprint density at radius 1 is 1.11 bits per heavy atom. The second-order valence-electron chi connectivity index (χ2n) is 6.75. The summed E-state index contributed by atoms with van der Waals surface area (Å²) in [5.41, 5.74) is -0.508. The van der Waals surface area contributed by atoms with E-state index in [2.05, 4.69) is 4.72 Å². The molecule has 0 unspecified atom stereocenters. The topological polar surface area (TPSA) is 72.5 Å². The first-order valence-corrected chi connectivity index (χ1v) is 10.7. The second-order valence-corrected chi connectivity index (χ2v) is 8.81. The molecule has 0 aliphatic carbocycles. The Hall–Kier alpha value is -2.57. The maximum Gasteiger partial charge on any atom is 0.264 e. The molecule has 5 nitrogen and oxygen atoms in total. The van der Waals surface area contributed by atoms with Crippen LogP contribution in [-0.4, -0.2) is 20.9 Å². The van der Waals surface area contributed by atoms with E-state index in [1.807, 2.05) is 25.1 Å². The van der Waals surface area contributed by atoms with Crippen molar-refractivity contribution in [3.8, 4) is 5.75 Å². The van der Waals surface area contributed by atoms with Crippen LogP contribution in [0.25, 0.3) is 10.8 Å². The quantitative estimate of drug-likeness (QED) is 0.698. The van der Waals surface area contributed by atoms with Gasteiger partial charge in [0.05, 0.1) is 9.92 Å². The maximum atomic E-state index is 13.2. The predicted octanol–water partition coefficient (Wildman–Crippen LogP) is 4.04. The second kappa shape index (κ2) is 6.79. The molecule has 0 radical (unpaired) electrons. The van der Waals surface area contributed by atoms with Crippen LogP contribution >= 0.6 is 11.6 Å². The molecule has 0 spiro atoms. The largest absolute Gasteiger partial charge is 0.490 e. The van der Waals surface area contributed by atoms with Crippen LogP contribution < -0.4 is 9.46 Å². The van der Waals surface area contributed by atoms with E-state index in [-0.39, 0.29) is 11.5 Å². The Bertz CT molecular complexity index is 1190. The summed E-state index contributed by atoms with van der Waals surface area (Å²) in [4.78, 5) is 13.2. The number of rotatable bonds is 4. The summed E-state index contributed by atoms with van der Waals surface area (Å²) in [6, 6.07) is 17.3. The van der Waals surface area contributed by atoms with Gasteiger partial charge >= 0.3 is 0 Å². The van der Waals surface area contributed by atoms with Crippen molar-refractivity contribution in [1.82, 2.24) is 4.72 Å². The van der Waals surface area contributed by atoms with Crippen LogP contribution in [0.3, 0.4) is 0 Å². The molecule has 1 amide bonds. The van der Waals surface area contributed by atoms with E-state index >= 15 is 0 Å². The molecule has 1 atom stereocenters. The Morgan fingerprint density at radius 3 is 2.61 bits per heavy atom. The molecule has 0 bridgehead atoms. The van der Waals surface area contributed by atoms with Crippen molar-refractivity contribution in [1.29, 1.82) is 0 Å². The van der Waals surface area contributed by atoms with Crippen molar-refractivity contribution in [3.05, 3.63) is 71.2 Å². The van der Waals surface area contributed by atoms with Crippen LogP contribution in [0.4, 0.5) is 0 Å². The third-order valence-electron chi connectivity index (χ3n) is 5.25. The average molecular weight is 416 g/mol. The van der Waals surface area contributed by atoms with Gasteiger partial charge in [-0.15, -0.1) is 0 Å². The lowest BCUT2D eigenvalue weighted by molar-refractivity contribution is -0.125. The fraction of sp³-hybridized carbons (Fsp3) is 0.190. The lowest BCUT2D eigenvalue weighted by Gasteiger charge is -2.25. The Balaban J connectivity index is 1.75. The van der Waals surface area contributed by atoms with Gasteiger partial charge in [0.15, 0.2) is 0 Å². The van der Waals surface area contributed by atoms with Gasteiger partial charge in [-0.25, -0.2) is 13.1 Å². The molecule has 0 fully saturated rings. The van der Waals surface area contributed by atoms with Gasteiger partial charge in [0.1, 0.15) is 17.8 Å². The SMILES string of the molecule is CC[C@@]1(C(=O)NS(=O)(=O)c2cccc3ccccc23)COc2c(Cl)cccc21. The number of nitrogens with one attached hydrogen (secondary N) is 1. The molecule has 3 aromatic rings. The standard InChI is InChI=1S/C21H18ClNO4S/c1-2-21(13-27-19-16(21)10-6-11-17(19)22)20(24)23-28(25,26)18-12-5-8-14-7-3-4-9-15(14)18/h3-12H,2,13H2,1H3,(H,23,24)/t21-/m1/s1. The number of hydrogen-bond acceptors (Lipinski definition) is 4. The lowest BCUT2D eigenvalue weighted by Crippen LogP contribution is -2.47. The highest BCUT2D eigenvalue weighted by molar-refractivity contribution is 7.90. The summed E-state index contributed by atoms with van der Waals surface area (Å²) in [7, 11) is -4.07. The number of fused-ring (bicyclic) bond motifs is 2. The molecule has 1 aliphatic rings. The number of carbonyl (C=O) groups is 1. The number of benzene rings is 3. The molecule has 1 aliphatic heterocycles. The molecule has 0 saturated carbocycles. The fourth-order valence-corrected chi connectivity index (χ4v) is 5.16. The Morgan fingerprint density at radius 2 is 1.82 bits per heavy atom. The van der Waals surface area contributed by atoms with Crippen LogP contribution in [0.2, 0.25) is 5.02 Å². The monoisotopic (exact) mass is 415 g/mol. The lowest BCUT2D eigenvalue weighted by atomic mass is 9.79. The minimum absolute atomic E-state index is 0.0411. The highest BCUT2D eigenvalue weighted by Gasteiger charge is 2.48. The van der Waals surface area contributed by atoms with E-state index in [1.54, 1.807) is 36.4 Å². The zero-order chi connectivity index (χ0) is 19.9. The van der Waals surface area contributed by atoms with Gasteiger partial charge < -0.3 is 4.74 Å². The number of sulfonamides is 1. The summed E-state index contributed by atoms with van der Waals surface area (Å²) < 4.78 is 34.0. The van der Waals surface area contributed by atoms with Gasteiger partial charge in [-0.05, 0) is 23.9 Å². The van der Waals surface area contributed by atoms with Crippen molar-refractivity contribution < 1.29 is 17.9 Å². The van der Waals surface area contributed by atoms with Gasteiger partial charge in [0.2, 0.25) is 5.91 Å². The smallest absolute Gasteiger partial charge is 0.264 e. The summed E-state index contributed by atoms with van der Waals surface area (Å²) >= 11 is 6.18. The molecule has 0 aromatic heterocycles. The Labute approximate surface area is 168 Å². The molecule has 4 rings (SSSR count). The first-order chi connectivity index (χ1) is 13.4. The molecule has 144 valence electrons. The van der Waals surface area contributed by atoms with Gasteiger partial charge in [0, 0.05) is 10.9 Å². The maximum absolute atomic E-state index is 13.2. The molecule has 1 heterocycles. The van der Waals surface area contributed by atoms with Crippen LogP contribution in [-0.2, 0) is 20.2 Å². The van der Waals surface area contributed by atoms with E-state index in [0.29, 0.717) is 28.1 Å². The first kappa shape index (κ1) is 18.8. The van der Waals surface area contributed by atoms with E-state index in [4.69, 9.17) is 16.3 Å². The number of hydrogen-bond donors (Lipinski definition) is 1. The van der Waals surface area contributed by atoms with Gasteiger partial charge in [-0.2, -0.15) is 0 Å². The third-order valence-corrected chi connectivity index (χ3v) is 6.94. The zero-order valence-corrected chi connectivity index (χ0v) is 16.7. The summed E-state index contributed by atoms with van der Waals surface area (Å²) in [6.45, 7) is 1.86. The van der Waals surface area contributed by atoms with Crippen LogP contribution in [0, 0.1) is 0 Å². The highest BCUT2D eigenvalue weighted by Crippen LogP contribution is 2.45. The molecule has 7 heteroatoms. The normalized spacial score (nSPS) is 18.5. The van der Waals surface area contributed by atoms with Crippen molar-refractivity contribution in [2.45, 2.75) is 23.7 Å². The van der Waals surface area contributed by atoms with Crippen molar-refractivity contribution in [2.75, 3.05) is 6.61 Å². The van der Waals surface area contributed by atoms with Crippen LogP contribution in [0.5, 0.6) is 5.75 Å². The molecule has 28 heavy (non-hydrogen) atoms.